The molecule has 1 heteroatoms. The molecule has 1 aliphatic rings. The molecule has 0 N–H and O–H groups in total. The lowest BCUT2D eigenvalue weighted by atomic mass is 9.97. The monoisotopic (exact) mass is 379 g/mol. The molecule has 30 heavy (non-hydrogen) atoms. The molecule has 8 rings (SSSR count). The van der Waals surface area contributed by atoms with E-state index in [1.807, 2.05) is 0 Å². The van der Waals surface area contributed by atoms with Crippen LogP contribution in [0.25, 0.3) is 60.0 Å². The van der Waals surface area contributed by atoms with Gasteiger partial charge in [0.15, 0.2) is 0 Å². The fourth-order valence-electron chi connectivity index (χ4n) is 5.88. The molecule has 0 spiro atoms. The number of benzene rings is 5. The van der Waals surface area contributed by atoms with Crippen molar-refractivity contribution < 1.29 is 0 Å². The van der Waals surface area contributed by atoms with Crippen LogP contribution in [0.4, 0.5) is 0 Å². The van der Waals surface area contributed by atoms with Gasteiger partial charge in [0.05, 0.1) is 16.6 Å². The lowest BCUT2D eigenvalue weighted by Crippen LogP contribution is -1.84. The van der Waals surface area contributed by atoms with Crippen LogP contribution in [0.5, 0.6) is 0 Å². The highest BCUT2D eigenvalue weighted by atomic mass is 14.9. The van der Waals surface area contributed by atoms with Crippen molar-refractivity contribution in [2.24, 2.45) is 0 Å². The molecule has 0 saturated heterocycles. The maximum atomic E-state index is 2.48. The van der Waals surface area contributed by atoms with Crippen LogP contribution in [-0.4, -0.2) is 4.40 Å². The molecular weight excluding hydrogens is 362 g/mol. The van der Waals surface area contributed by atoms with Gasteiger partial charge in [0, 0.05) is 21.5 Å². The van der Waals surface area contributed by atoms with Crippen molar-refractivity contribution in [1.29, 1.82) is 0 Å². The average Bonchev–Trinajstić information content (AvgIpc) is 3.44. The average molecular weight is 379 g/mol. The first-order valence-corrected chi connectivity index (χ1v) is 10.6. The van der Waals surface area contributed by atoms with Gasteiger partial charge in [0.1, 0.15) is 0 Å². The number of hydrogen-bond donors (Lipinski definition) is 0. The fraction of sp³-hybridized carbons (Fsp3) is 0.0345. The SMILES string of the molecule is c1ccc2c3c(ccc2c1)Cc1cc2c(cc1-3)c1cccc3c4ccccc4n2c31. The number of nitrogens with zero attached hydrogens (tertiary/aromatic N) is 1. The summed E-state index contributed by atoms with van der Waals surface area (Å²) in [5.41, 5.74) is 9.72. The van der Waals surface area contributed by atoms with Crippen molar-refractivity contribution in [1.82, 2.24) is 4.40 Å². The molecule has 0 radical (unpaired) electrons. The van der Waals surface area contributed by atoms with Crippen LogP contribution in [0, 0.1) is 0 Å². The Morgan fingerprint density at radius 3 is 2.23 bits per heavy atom. The van der Waals surface area contributed by atoms with E-state index in [1.54, 1.807) is 0 Å². The number of fused-ring (bicyclic) bond motifs is 11. The van der Waals surface area contributed by atoms with Crippen molar-refractivity contribution in [3.63, 3.8) is 0 Å². The van der Waals surface area contributed by atoms with Crippen LogP contribution in [-0.2, 0) is 6.42 Å². The summed E-state index contributed by atoms with van der Waals surface area (Å²) in [6.07, 6.45) is 1.02. The minimum absolute atomic E-state index is 1.02. The maximum Gasteiger partial charge on any atom is 0.0620 e. The topological polar surface area (TPSA) is 4.41 Å². The molecule has 5 aromatic carbocycles. The third kappa shape index (κ3) is 1.63. The molecule has 0 atom stereocenters. The fourth-order valence-corrected chi connectivity index (χ4v) is 5.88. The second kappa shape index (κ2) is 5.01. The Morgan fingerprint density at radius 2 is 1.30 bits per heavy atom. The lowest BCUT2D eigenvalue weighted by molar-refractivity contribution is 1.26. The van der Waals surface area contributed by atoms with Gasteiger partial charge < -0.3 is 4.40 Å². The summed E-state index contributed by atoms with van der Waals surface area (Å²) in [6.45, 7) is 0. The minimum Gasteiger partial charge on any atom is -0.308 e. The number of para-hydroxylation sites is 2. The highest BCUT2D eigenvalue weighted by Crippen LogP contribution is 2.46. The Labute approximate surface area is 173 Å². The van der Waals surface area contributed by atoms with Crippen LogP contribution in [0.2, 0.25) is 0 Å². The third-order valence-corrected chi connectivity index (χ3v) is 7.11. The van der Waals surface area contributed by atoms with Crippen molar-refractivity contribution in [3.8, 4) is 11.1 Å². The molecular formula is C29H17N. The van der Waals surface area contributed by atoms with Gasteiger partial charge in [0.2, 0.25) is 0 Å². The third-order valence-electron chi connectivity index (χ3n) is 7.11. The van der Waals surface area contributed by atoms with Gasteiger partial charge in [-0.3, -0.25) is 0 Å². The molecule has 0 saturated carbocycles. The van der Waals surface area contributed by atoms with E-state index in [4.69, 9.17) is 0 Å². The summed E-state index contributed by atoms with van der Waals surface area (Å²) in [5, 5.41) is 8.11. The predicted molar refractivity (Wildman–Crippen MR) is 127 cm³/mol. The molecule has 0 amide bonds. The summed E-state index contributed by atoms with van der Waals surface area (Å²) >= 11 is 0. The van der Waals surface area contributed by atoms with E-state index >= 15 is 0 Å². The Morgan fingerprint density at radius 1 is 0.533 bits per heavy atom. The van der Waals surface area contributed by atoms with E-state index in [0.29, 0.717) is 0 Å². The second-order valence-corrected chi connectivity index (χ2v) is 8.58. The molecule has 0 unspecified atom stereocenters. The molecule has 1 nitrogen and oxygen atoms in total. The van der Waals surface area contributed by atoms with E-state index in [9.17, 15) is 0 Å². The smallest absolute Gasteiger partial charge is 0.0620 e. The van der Waals surface area contributed by atoms with E-state index in [2.05, 4.69) is 95.4 Å². The first-order chi connectivity index (χ1) is 14.9. The molecule has 1 aliphatic carbocycles. The van der Waals surface area contributed by atoms with E-state index in [-0.39, 0.29) is 0 Å². The summed E-state index contributed by atoms with van der Waals surface area (Å²) in [6, 6.07) is 33.8. The largest absolute Gasteiger partial charge is 0.308 e. The normalized spacial score (nSPS) is 13.2. The van der Waals surface area contributed by atoms with Crippen LogP contribution < -0.4 is 0 Å². The Kier molecular flexibility index (Phi) is 2.51. The summed E-state index contributed by atoms with van der Waals surface area (Å²) in [7, 11) is 0. The highest BCUT2D eigenvalue weighted by molar-refractivity contribution is 6.24. The van der Waals surface area contributed by atoms with Gasteiger partial charge in [0.25, 0.3) is 0 Å². The lowest BCUT2D eigenvalue weighted by Gasteiger charge is -2.07. The van der Waals surface area contributed by atoms with Gasteiger partial charge in [-0.25, -0.2) is 0 Å². The van der Waals surface area contributed by atoms with E-state index in [0.717, 1.165) is 6.42 Å². The quantitative estimate of drug-likeness (QED) is 0.256. The molecule has 0 bridgehead atoms. The van der Waals surface area contributed by atoms with Crippen LogP contribution >= 0.6 is 0 Å². The van der Waals surface area contributed by atoms with Crippen LogP contribution in [0.3, 0.4) is 0 Å². The molecule has 7 aromatic rings. The van der Waals surface area contributed by atoms with Gasteiger partial charge in [-0.2, -0.15) is 0 Å². The molecule has 0 aliphatic heterocycles. The van der Waals surface area contributed by atoms with Crippen molar-refractivity contribution in [2.45, 2.75) is 6.42 Å². The molecule has 2 aromatic heterocycles. The first-order valence-electron chi connectivity index (χ1n) is 10.6. The Hall–Kier alpha value is -3.84. The number of aromatic nitrogens is 1. The summed E-state index contributed by atoms with van der Waals surface area (Å²) < 4.78 is 2.48. The zero-order valence-corrected chi connectivity index (χ0v) is 16.3. The molecule has 0 fully saturated rings. The molecule has 2 heterocycles. The van der Waals surface area contributed by atoms with Crippen molar-refractivity contribution >= 4 is 48.9 Å². The van der Waals surface area contributed by atoms with Gasteiger partial charge >= 0.3 is 0 Å². The summed E-state index contributed by atoms with van der Waals surface area (Å²) in [4.78, 5) is 0. The standard InChI is InChI=1S/C29H17N/c1-2-7-20-17(6-1)12-13-18-14-19-15-27-25(16-24(19)28(18)20)23-10-5-9-22-21-8-3-4-11-26(21)30(27)29(22)23/h1-13,15-16H,14H2. The highest BCUT2D eigenvalue weighted by Gasteiger charge is 2.24. The van der Waals surface area contributed by atoms with E-state index < -0.39 is 0 Å². The Balaban J connectivity index is 1.58. The number of rotatable bonds is 0. The first kappa shape index (κ1) is 15.1. The van der Waals surface area contributed by atoms with Gasteiger partial charge in [-0.1, -0.05) is 72.8 Å². The summed E-state index contributed by atoms with van der Waals surface area (Å²) in [5.74, 6) is 0. The minimum atomic E-state index is 1.02. The zero-order chi connectivity index (χ0) is 19.4. The van der Waals surface area contributed by atoms with Gasteiger partial charge in [-0.05, 0) is 57.6 Å². The number of hydrogen-bond acceptors (Lipinski definition) is 0. The van der Waals surface area contributed by atoms with Crippen LogP contribution in [0.15, 0.2) is 91.0 Å². The second-order valence-electron chi connectivity index (χ2n) is 8.58. The maximum absolute atomic E-state index is 2.48. The van der Waals surface area contributed by atoms with E-state index in [1.165, 1.54) is 71.1 Å². The zero-order valence-electron chi connectivity index (χ0n) is 16.3. The Bertz CT molecular complexity index is 1820. The van der Waals surface area contributed by atoms with Gasteiger partial charge in [-0.15, -0.1) is 0 Å². The van der Waals surface area contributed by atoms with Crippen molar-refractivity contribution in [3.05, 3.63) is 102 Å². The van der Waals surface area contributed by atoms with Crippen molar-refractivity contribution in [2.75, 3.05) is 0 Å². The molecule has 138 valence electrons. The van der Waals surface area contributed by atoms with Crippen LogP contribution in [0.1, 0.15) is 11.1 Å². The predicted octanol–water partition coefficient (Wildman–Crippen LogP) is 7.56.